The van der Waals surface area contributed by atoms with Gasteiger partial charge < -0.3 is 15.4 Å². The highest BCUT2D eigenvalue weighted by atomic mass is 32.2. The zero-order valence-electron chi connectivity index (χ0n) is 21.3. The van der Waals surface area contributed by atoms with Gasteiger partial charge in [-0.25, -0.2) is 18.2 Å². The average Bonchev–Trinajstić information content (AvgIpc) is 2.91. The number of nitrogens with zero attached hydrogens (tertiary/aromatic N) is 3. The van der Waals surface area contributed by atoms with Gasteiger partial charge in [0.1, 0.15) is 15.9 Å². The average molecular weight is 537 g/mol. The van der Waals surface area contributed by atoms with Crippen LogP contribution in [-0.2, 0) is 27.5 Å². The molecule has 0 bridgehead atoms. The smallest absolute Gasteiger partial charge is 0.410 e. The standard InChI is InChI=1S/C28H32N4O5S/c1-38(35,36)22-14-12-21(13-15-22)37-28(34)31-17-16-23-24(18-31)30-27(29)32(26(23)33)25(19-8-4-2-5-9-19)20-10-6-3-7-11-20/h2-11,21-22,25H,12-18H2,1H3,(H2,29,30)/t21-,22-. The highest BCUT2D eigenvalue weighted by Gasteiger charge is 2.33. The summed E-state index contributed by atoms with van der Waals surface area (Å²) in [6, 6.07) is 19.0. The minimum Gasteiger partial charge on any atom is -0.446 e. The summed E-state index contributed by atoms with van der Waals surface area (Å²) in [6.45, 7) is 0.459. The van der Waals surface area contributed by atoms with Crippen LogP contribution in [0, 0.1) is 0 Å². The van der Waals surface area contributed by atoms with Crippen molar-refractivity contribution in [2.24, 2.45) is 0 Å². The molecule has 200 valence electrons. The van der Waals surface area contributed by atoms with Gasteiger partial charge in [0.15, 0.2) is 0 Å². The van der Waals surface area contributed by atoms with E-state index in [1.807, 2.05) is 60.7 Å². The van der Waals surface area contributed by atoms with E-state index in [0.29, 0.717) is 49.9 Å². The summed E-state index contributed by atoms with van der Waals surface area (Å²) < 4.78 is 30.8. The van der Waals surface area contributed by atoms with E-state index in [-0.39, 0.29) is 29.4 Å². The Morgan fingerprint density at radius 1 is 1.00 bits per heavy atom. The summed E-state index contributed by atoms with van der Waals surface area (Å²) in [4.78, 5) is 32.8. The van der Waals surface area contributed by atoms with Gasteiger partial charge in [-0.1, -0.05) is 60.7 Å². The first-order chi connectivity index (χ1) is 18.2. The maximum absolute atomic E-state index is 13.8. The van der Waals surface area contributed by atoms with E-state index in [0.717, 1.165) is 11.1 Å². The summed E-state index contributed by atoms with van der Waals surface area (Å²) in [5.41, 5.74) is 9.06. The highest BCUT2D eigenvalue weighted by Crippen LogP contribution is 2.29. The second kappa shape index (κ2) is 10.6. The van der Waals surface area contributed by atoms with Crippen LogP contribution in [0.3, 0.4) is 0 Å². The monoisotopic (exact) mass is 536 g/mol. The summed E-state index contributed by atoms with van der Waals surface area (Å²) in [6.07, 6.45) is 2.81. The predicted octanol–water partition coefficient (Wildman–Crippen LogP) is 3.31. The number of fused-ring (bicyclic) bond motifs is 1. The molecule has 5 rings (SSSR count). The number of hydrogen-bond donors (Lipinski definition) is 1. The molecule has 1 aromatic heterocycles. The molecule has 0 unspecified atom stereocenters. The number of nitrogen functional groups attached to an aromatic ring is 1. The fourth-order valence-electron chi connectivity index (χ4n) is 5.48. The molecule has 9 nitrogen and oxygen atoms in total. The Kier molecular flexibility index (Phi) is 7.25. The number of carbonyl (C=O) groups is 1. The molecule has 1 saturated carbocycles. The third-order valence-electron chi connectivity index (χ3n) is 7.54. The van der Waals surface area contributed by atoms with Crippen LogP contribution >= 0.6 is 0 Å². The van der Waals surface area contributed by atoms with Gasteiger partial charge in [-0.15, -0.1) is 0 Å². The van der Waals surface area contributed by atoms with Crippen molar-refractivity contribution in [1.82, 2.24) is 14.5 Å². The summed E-state index contributed by atoms with van der Waals surface area (Å²) >= 11 is 0. The van der Waals surface area contributed by atoms with Crippen molar-refractivity contribution in [2.75, 3.05) is 18.5 Å². The van der Waals surface area contributed by atoms with E-state index < -0.39 is 22.0 Å². The normalized spacial score (nSPS) is 19.7. The number of rotatable bonds is 5. The van der Waals surface area contributed by atoms with Crippen LogP contribution in [0.5, 0.6) is 0 Å². The van der Waals surface area contributed by atoms with Crippen molar-refractivity contribution < 1.29 is 17.9 Å². The summed E-state index contributed by atoms with van der Waals surface area (Å²) in [5, 5.41) is -0.371. The lowest BCUT2D eigenvalue weighted by Gasteiger charge is -2.32. The number of amides is 1. The Morgan fingerprint density at radius 3 is 2.13 bits per heavy atom. The van der Waals surface area contributed by atoms with E-state index in [2.05, 4.69) is 4.98 Å². The van der Waals surface area contributed by atoms with Crippen molar-refractivity contribution in [3.8, 4) is 0 Å². The van der Waals surface area contributed by atoms with Gasteiger partial charge in [0.25, 0.3) is 5.56 Å². The zero-order valence-corrected chi connectivity index (χ0v) is 22.1. The Bertz CT molecular complexity index is 1430. The first kappa shape index (κ1) is 26.0. The van der Waals surface area contributed by atoms with Crippen LogP contribution < -0.4 is 11.3 Å². The number of ether oxygens (including phenoxy) is 1. The third-order valence-corrected chi connectivity index (χ3v) is 9.22. The molecule has 2 aliphatic rings. The maximum atomic E-state index is 13.8. The van der Waals surface area contributed by atoms with Crippen molar-refractivity contribution in [1.29, 1.82) is 0 Å². The van der Waals surface area contributed by atoms with Gasteiger partial charge >= 0.3 is 6.09 Å². The number of hydrogen-bond acceptors (Lipinski definition) is 7. The summed E-state index contributed by atoms with van der Waals surface area (Å²) in [7, 11) is -3.09. The van der Waals surface area contributed by atoms with Gasteiger partial charge in [0, 0.05) is 18.4 Å². The van der Waals surface area contributed by atoms with Crippen LogP contribution in [0.2, 0.25) is 0 Å². The van der Waals surface area contributed by atoms with Crippen LogP contribution in [-0.4, -0.2) is 53.1 Å². The molecule has 1 aliphatic heterocycles. The number of carbonyl (C=O) groups excluding carboxylic acids is 1. The molecule has 1 fully saturated rings. The number of nitrogens with two attached hydrogens (primary N) is 1. The molecule has 0 spiro atoms. The number of sulfone groups is 1. The molecule has 2 heterocycles. The minimum atomic E-state index is -3.09. The number of aromatic nitrogens is 2. The molecule has 1 amide bonds. The summed E-state index contributed by atoms with van der Waals surface area (Å²) in [5.74, 6) is 0.0840. The first-order valence-electron chi connectivity index (χ1n) is 12.9. The second-order valence-corrected chi connectivity index (χ2v) is 12.4. The quantitative estimate of drug-likeness (QED) is 0.530. The maximum Gasteiger partial charge on any atom is 0.410 e. The molecule has 3 aromatic rings. The molecule has 0 radical (unpaired) electrons. The molecule has 2 N–H and O–H groups in total. The molecule has 38 heavy (non-hydrogen) atoms. The molecular weight excluding hydrogens is 504 g/mol. The fraction of sp³-hybridized carbons (Fsp3) is 0.393. The highest BCUT2D eigenvalue weighted by molar-refractivity contribution is 7.91. The van der Waals surface area contributed by atoms with Gasteiger partial charge in [0.2, 0.25) is 5.95 Å². The van der Waals surface area contributed by atoms with E-state index in [4.69, 9.17) is 10.5 Å². The van der Waals surface area contributed by atoms with Crippen LogP contribution in [0.4, 0.5) is 10.7 Å². The number of benzene rings is 2. The lowest BCUT2D eigenvalue weighted by atomic mass is 9.97. The van der Waals surface area contributed by atoms with Crippen molar-refractivity contribution in [3.63, 3.8) is 0 Å². The SMILES string of the molecule is CS(=O)(=O)[C@H]1CC[C@H](OC(=O)N2CCc3c(nc(N)n(C(c4ccccc4)c4ccccc4)c3=O)C2)CC1. The van der Waals surface area contributed by atoms with Crippen LogP contribution in [0.15, 0.2) is 65.5 Å². The van der Waals surface area contributed by atoms with Crippen LogP contribution in [0.1, 0.15) is 54.1 Å². The minimum absolute atomic E-state index is 0.0840. The molecule has 0 atom stereocenters. The third kappa shape index (κ3) is 5.31. The van der Waals surface area contributed by atoms with Gasteiger partial charge in [-0.2, -0.15) is 0 Å². The molecule has 2 aromatic carbocycles. The van der Waals surface area contributed by atoms with Gasteiger partial charge in [-0.05, 0) is 43.2 Å². The largest absolute Gasteiger partial charge is 0.446 e. The molecule has 0 saturated heterocycles. The topological polar surface area (TPSA) is 125 Å². The van der Waals surface area contributed by atoms with E-state index in [9.17, 15) is 18.0 Å². The first-order valence-corrected chi connectivity index (χ1v) is 14.8. The van der Waals surface area contributed by atoms with E-state index in [1.54, 1.807) is 0 Å². The molecule has 1 aliphatic carbocycles. The second-order valence-electron chi connectivity index (χ2n) is 10.1. The molecular formula is C28H32N4O5S. The Morgan fingerprint density at radius 2 is 1.58 bits per heavy atom. The van der Waals surface area contributed by atoms with Crippen molar-refractivity contribution in [3.05, 3.63) is 93.4 Å². The van der Waals surface area contributed by atoms with Gasteiger partial charge in [0.05, 0.1) is 23.5 Å². The fourth-order valence-corrected chi connectivity index (χ4v) is 6.61. The number of anilines is 1. The lowest BCUT2D eigenvalue weighted by Crippen LogP contribution is -2.43. The zero-order chi connectivity index (χ0) is 26.9. The van der Waals surface area contributed by atoms with E-state index >= 15 is 0 Å². The van der Waals surface area contributed by atoms with Crippen molar-refractivity contribution in [2.45, 2.75) is 56.0 Å². The van der Waals surface area contributed by atoms with Gasteiger partial charge in [-0.3, -0.25) is 9.36 Å². The van der Waals surface area contributed by atoms with Crippen LogP contribution in [0.25, 0.3) is 0 Å². The Labute approximate surface area is 222 Å². The Balaban J connectivity index is 1.37. The Hall–Kier alpha value is -3.66. The van der Waals surface area contributed by atoms with Crippen molar-refractivity contribution >= 4 is 21.9 Å². The predicted molar refractivity (Wildman–Crippen MR) is 145 cm³/mol. The molecule has 10 heteroatoms. The lowest BCUT2D eigenvalue weighted by molar-refractivity contribution is 0.0429. The van der Waals surface area contributed by atoms with E-state index in [1.165, 1.54) is 15.7 Å².